The Bertz CT molecular complexity index is 592. The van der Waals surface area contributed by atoms with E-state index in [9.17, 15) is 13.2 Å². The van der Waals surface area contributed by atoms with Crippen LogP contribution in [0.2, 0.25) is 5.02 Å². The van der Waals surface area contributed by atoms with Gasteiger partial charge in [0, 0.05) is 12.3 Å². The lowest BCUT2D eigenvalue weighted by molar-refractivity contribution is 0.0938. The third-order valence-corrected chi connectivity index (χ3v) is 4.74. The summed E-state index contributed by atoms with van der Waals surface area (Å²) in [7, 11) is -3.34. The molecule has 1 aromatic carbocycles. The summed E-state index contributed by atoms with van der Waals surface area (Å²) in [6.07, 6.45) is 5.27. The molecule has 1 aliphatic rings. The first-order valence-electron chi connectivity index (χ1n) is 6.18. The van der Waals surface area contributed by atoms with Gasteiger partial charge in [-0.05, 0) is 31.0 Å². The zero-order valence-corrected chi connectivity index (χ0v) is 12.2. The van der Waals surface area contributed by atoms with Gasteiger partial charge in [0.2, 0.25) is 0 Å². The molecule has 0 saturated heterocycles. The van der Waals surface area contributed by atoms with Gasteiger partial charge in [-0.3, -0.25) is 4.79 Å². The molecule has 19 heavy (non-hydrogen) atoms. The number of benzene rings is 1. The molecule has 1 aliphatic carbocycles. The Morgan fingerprint density at radius 1 is 1.32 bits per heavy atom. The lowest BCUT2D eigenvalue weighted by Gasteiger charge is -2.13. The van der Waals surface area contributed by atoms with Crippen molar-refractivity contribution >= 4 is 27.3 Å². The van der Waals surface area contributed by atoms with Crippen LogP contribution in [0, 0.1) is 0 Å². The molecule has 1 N–H and O–H groups in total. The van der Waals surface area contributed by atoms with Crippen molar-refractivity contribution in [3.05, 3.63) is 28.8 Å². The third-order valence-electron chi connectivity index (χ3n) is 3.30. The summed E-state index contributed by atoms with van der Waals surface area (Å²) >= 11 is 5.97. The van der Waals surface area contributed by atoms with Crippen LogP contribution in [0.5, 0.6) is 0 Å². The maximum atomic E-state index is 12.1. The van der Waals surface area contributed by atoms with Gasteiger partial charge in [0.05, 0.1) is 15.5 Å². The van der Waals surface area contributed by atoms with E-state index in [1.165, 1.54) is 18.2 Å². The molecule has 1 aromatic rings. The van der Waals surface area contributed by atoms with Crippen LogP contribution in [0.4, 0.5) is 0 Å². The molecule has 0 atom stereocenters. The first kappa shape index (κ1) is 14.3. The van der Waals surface area contributed by atoms with Gasteiger partial charge in [-0.15, -0.1) is 0 Å². The van der Waals surface area contributed by atoms with Crippen LogP contribution in [0.25, 0.3) is 0 Å². The van der Waals surface area contributed by atoms with Crippen LogP contribution in [-0.2, 0) is 9.84 Å². The van der Waals surface area contributed by atoms with E-state index in [4.69, 9.17) is 11.6 Å². The van der Waals surface area contributed by atoms with E-state index in [1.807, 2.05) is 0 Å². The van der Waals surface area contributed by atoms with Gasteiger partial charge in [0.25, 0.3) is 5.91 Å². The molecular formula is C13H16ClNO3S. The van der Waals surface area contributed by atoms with Gasteiger partial charge in [-0.25, -0.2) is 8.42 Å². The summed E-state index contributed by atoms with van der Waals surface area (Å²) in [4.78, 5) is 12.2. The number of halogens is 1. The highest BCUT2D eigenvalue weighted by Crippen LogP contribution is 2.22. The molecule has 0 aliphatic heterocycles. The highest BCUT2D eigenvalue weighted by Gasteiger charge is 2.20. The van der Waals surface area contributed by atoms with Crippen LogP contribution >= 0.6 is 11.6 Å². The van der Waals surface area contributed by atoms with Crippen molar-refractivity contribution < 1.29 is 13.2 Å². The number of amides is 1. The highest BCUT2D eigenvalue weighted by atomic mass is 35.5. The SMILES string of the molecule is CS(=O)(=O)c1ccc(Cl)c(C(=O)NC2CCCC2)c1. The topological polar surface area (TPSA) is 63.2 Å². The molecule has 104 valence electrons. The standard InChI is InChI=1S/C13H16ClNO3S/c1-19(17,18)10-6-7-12(14)11(8-10)13(16)15-9-4-2-3-5-9/h6-9H,2-5H2,1H3,(H,15,16). The van der Waals surface area contributed by atoms with Crippen LogP contribution in [0.15, 0.2) is 23.1 Å². The third kappa shape index (κ3) is 3.48. The predicted molar refractivity (Wildman–Crippen MR) is 74.3 cm³/mol. The lowest BCUT2D eigenvalue weighted by atomic mass is 10.2. The Morgan fingerprint density at radius 2 is 1.95 bits per heavy atom. The molecule has 0 heterocycles. The number of carbonyl (C=O) groups excluding carboxylic acids is 1. The second kappa shape index (κ2) is 5.51. The normalized spacial score (nSPS) is 16.5. The van der Waals surface area contributed by atoms with Crippen LogP contribution in [0.3, 0.4) is 0 Å². The fourth-order valence-electron chi connectivity index (χ4n) is 2.24. The molecule has 1 fully saturated rings. The van der Waals surface area contributed by atoms with E-state index in [-0.39, 0.29) is 27.4 Å². The van der Waals surface area contributed by atoms with E-state index in [0.29, 0.717) is 0 Å². The fraction of sp³-hybridized carbons (Fsp3) is 0.462. The number of nitrogens with one attached hydrogen (secondary N) is 1. The average Bonchev–Trinajstić information content (AvgIpc) is 2.80. The minimum atomic E-state index is -3.34. The Morgan fingerprint density at radius 3 is 2.53 bits per heavy atom. The second-order valence-electron chi connectivity index (χ2n) is 4.87. The van der Waals surface area contributed by atoms with Gasteiger partial charge in [0.15, 0.2) is 9.84 Å². The summed E-state index contributed by atoms with van der Waals surface area (Å²) in [5, 5.41) is 3.16. The Balaban J connectivity index is 2.25. The van der Waals surface area contributed by atoms with Gasteiger partial charge in [-0.2, -0.15) is 0 Å². The number of sulfone groups is 1. The van der Waals surface area contributed by atoms with Crippen LogP contribution in [-0.4, -0.2) is 26.6 Å². The first-order valence-corrected chi connectivity index (χ1v) is 8.45. The Labute approximate surface area is 118 Å². The maximum Gasteiger partial charge on any atom is 0.253 e. The van der Waals surface area contributed by atoms with Crippen molar-refractivity contribution in [2.75, 3.05) is 6.26 Å². The lowest BCUT2D eigenvalue weighted by Crippen LogP contribution is -2.32. The second-order valence-corrected chi connectivity index (χ2v) is 7.29. The molecule has 1 amide bonds. The van der Waals surface area contributed by atoms with Crippen molar-refractivity contribution in [2.45, 2.75) is 36.6 Å². The van der Waals surface area contributed by atoms with Crippen molar-refractivity contribution in [2.24, 2.45) is 0 Å². The van der Waals surface area contributed by atoms with Crippen LogP contribution in [0.1, 0.15) is 36.0 Å². The summed E-state index contributed by atoms with van der Waals surface area (Å²) in [5.41, 5.74) is 0.219. The summed E-state index contributed by atoms with van der Waals surface area (Å²) in [6.45, 7) is 0. The van der Waals surface area contributed by atoms with Gasteiger partial charge < -0.3 is 5.32 Å². The number of hydrogen-bond donors (Lipinski definition) is 1. The number of hydrogen-bond acceptors (Lipinski definition) is 3. The first-order chi connectivity index (χ1) is 8.88. The molecule has 1 saturated carbocycles. The highest BCUT2D eigenvalue weighted by molar-refractivity contribution is 7.90. The van der Waals surface area contributed by atoms with E-state index in [1.54, 1.807) is 0 Å². The summed E-state index contributed by atoms with van der Waals surface area (Å²) in [5.74, 6) is -0.303. The van der Waals surface area contributed by atoms with Gasteiger partial charge in [-0.1, -0.05) is 24.4 Å². The molecular weight excluding hydrogens is 286 g/mol. The number of carbonyl (C=O) groups is 1. The quantitative estimate of drug-likeness (QED) is 0.932. The van der Waals surface area contributed by atoms with Crippen molar-refractivity contribution in [1.82, 2.24) is 5.32 Å². The largest absolute Gasteiger partial charge is 0.349 e. The number of rotatable bonds is 3. The monoisotopic (exact) mass is 301 g/mol. The van der Waals surface area contributed by atoms with Gasteiger partial charge >= 0.3 is 0 Å². The Hall–Kier alpha value is -1.07. The minimum absolute atomic E-state index is 0.105. The molecule has 0 aromatic heterocycles. The van der Waals surface area contributed by atoms with E-state index < -0.39 is 9.84 Å². The molecule has 2 rings (SSSR count). The smallest absolute Gasteiger partial charge is 0.253 e. The van der Waals surface area contributed by atoms with Crippen molar-refractivity contribution in [3.63, 3.8) is 0 Å². The van der Waals surface area contributed by atoms with Crippen LogP contribution < -0.4 is 5.32 Å². The molecule has 0 unspecified atom stereocenters. The van der Waals surface area contributed by atoms with E-state index in [2.05, 4.69) is 5.32 Å². The zero-order valence-electron chi connectivity index (χ0n) is 10.6. The predicted octanol–water partition coefficient (Wildman–Crippen LogP) is 2.42. The van der Waals surface area contributed by atoms with E-state index >= 15 is 0 Å². The fourth-order valence-corrected chi connectivity index (χ4v) is 3.09. The minimum Gasteiger partial charge on any atom is -0.349 e. The van der Waals surface area contributed by atoms with Gasteiger partial charge in [0.1, 0.15) is 0 Å². The average molecular weight is 302 g/mol. The molecule has 4 nitrogen and oxygen atoms in total. The van der Waals surface area contributed by atoms with Crippen molar-refractivity contribution in [3.8, 4) is 0 Å². The Kier molecular flexibility index (Phi) is 4.16. The molecule has 0 spiro atoms. The van der Waals surface area contributed by atoms with E-state index in [0.717, 1.165) is 31.9 Å². The summed E-state index contributed by atoms with van der Waals surface area (Å²) in [6, 6.07) is 4.36. The molecule has 6 heteroatoms. The molecule has 0 radical (unpaired) electrons. The maximum absolute atomic E-state index is 12.1. The zero-order chi connectivity index (χ0) is 14.0. The van der Waals surface area contributed by atoms with Crippen molar-refractivity contribution in [1.29, 1.82) is 0 Å². The molecule has 0 bridgehead atoms. The summed E-state index contributed by atoms with van der Waals surface area (Å²) < 4.78 is 23.0.